The maximum Gasteiger partial charge on any atom is 0.246 e. The molecule has 1 atom stereocenters. The standard InChI is InChI=1S/C24H29N5O3/c1-32-20-8-4-6-19(14-20)15-25-23(30)12-11-18-7-5-13-28(16-18)24(31)17-29-26-21-9-2-3-10-22(21)27-29/h2-4,6,8-10,14,18H,5,7,11-13,15-17H2,1H3,(H,25,30)/t18-/m0/s1. The summed E-state index contributed by atoms with van der Waals surface area (Å²) >= 11 is 0. The molecule has 3 aromatic rings. The van der Waals surface area contributed by atoms with E-state index in [2.05, 4.69) is 15.5 Å². The van der Waals surface area contributed by atoms with Crippen LogP contribution in [0.2, 0.25) is 0 Å². The lowest BCUT2D eigenvalue weighted by Gasteiger charge is -2.32. The summed E-state index contributed by atoms with van der Waals surface area (Å²) in [5.74, 6) is 1.17. The molecule has 1 fully saturated rings. The molecule has 168 valence electrons. The van der Waals surface area contributed by atoms with Gasteiger partial charge in [0, 0.05) is 26.1 Å². The van der Waals surface area contributed by atoms with E-state index in [-0.39, 0.29) is 18.4 Å². The average molecular weight is 436 g/mol. The number of fused-ring (bicyclic) bond motifs is 1. The molecule has 1 aliphatic rings. The van der Waals surface area contributed by atoms with Crippen LogP contribution in [0.25, 0.3) is 11.0 Å². The van der Waals surface area contributed by atoms with Gasteiger partial charge in [0.25, 0.3) is 0 Å². The van der Waals surface area contributed by atoms with Gasteiger partial charge in [0.15, 0.2) is 0 Å². The molecule has 8 heteroatoms. The van der Waals surface area contributed by atoms with Crippen molar-refractivity contribution in [1.29, 1.82) is 0 Å². The van der Waals surface area contributed by atoms with Crippen LogP contribution in [0.3, 0.4) is 0 Å². The highest BCUT2D eigenvalue weighted by Gasteiger charge is 2.24. The third-order valence-corrected chi connectivity index (χ3v) is 5.88. The highest BCUT2D eigenvalue weighted by molar-refractivity contribution is 5.77. The number of ether oxygens (including phenoxy) is 1. The molecule has 2 aromatic carbocycles. The highest BCUT2D eigenvalue weighted by atomic mass is 16.5. The Hall–Kier alpha value is -3.42. The minimum atomic E-state index is 0.0254. The van der Waals surface area contributed by atoms with E-state index in [1.807, 2.05) is 53.4 Å². The summed E-state index contributed by atoms with van der Waals surface area (Å²) < 4.78 is 5.22. The van der Waals surface area contributed by atoms with E-state index < -0.39 is 0 Å². The predicted octanol–water partition coefficient (Wildman–Crippen LogP) is 2.78. The van der Waals surface area contributed by atoms with E-state index in [0.29, 0.717) is 25.4 Å². The van der Waals surface area contributed by atoms with Crippen LogP contribution < -0.4 is 10.1 Å². The first-order valence-corrected chi connectivity index (χ1v) is 11.1. The number of hydrogen-bond acceptors (Lipinski definition) is 5. The van der Waals surface area contributed by atoms with E-state index in [0.717, 1.165) is 48.2 Å². The van der Waals surface area contributed by atoms with Crippen LogP contribution in [0.5, 0.6) is 5.75 Å². The van der Waals surface area contributed by atoms with E-state index in [1.165, 1.54) is 4.80 Å². The topological polar surface area (TPSA) is 89.4 Å². The summed E-state index contributed by atoms with van der Waals surface area (Å²) in [6.45, 7) is 2.06. The first-order chi connectivity index (χ1) is 15.6. The fourth-order valence-corrected chi connectivity index (χ4v) is 4.13. The van der Waals surface area contributed by atoms with Gasteiger partial charge in [0.05, 0.1) is 7.11 Å². The minimum absolute atomic E-state index is 0.0254. The second-order valence-corrected chi connectivity index (χ2v) is 8.23. The Bertz CT molecular complexity index is 1050. The van der Waals surface area contributed by atoms with Crippen LogP contribution in [0.4, 0.5) is 0 Å². The zero-order valence-corrected chi connectivity index (χ0v) is 18.4. The van der Waals surface area contributed by atoms with Gasteiger partial charge in [-0.25, -0.2) is 0 Å². The van der Waals surface area contributed by atoms with Crippen LogP contribution in [-0.2, 0) is 22.7 Å². The first kappa shape index (κ1) is 21.8. The van der Waals surface area contributed by atoms with E-state index >= 15 is 0 Å². The fraction of sp³-hybridized carbons (Fsp3) is 0.417. The number of rotatable bonds is 8. The quantitative estimate of drug-likeness (QED) is 0.588. The van der Waals surface area contributed by atoms with Crippen molar-refractivity contribution in [1.82, 2.24) is 25.2 Å². The van der Waals surface area contributed by atoms with Crippen molar-refractivity contribution in [2.24, 2.45) is 5.92 Å². The van der Waals surface area contributed by atoms with Gasteiger partial charge in [0.1, 0.15) is 23.3 Å². The fourth-order valence-electron chi connectivity index (χ4n) is 4.13. The summed E-state index contributed by atoms with van der Waals surface area (Å²) in [5, 5.41) is 11.7. The smallest absolute Gasteiger partial charge is 0.246 e. The number of piperidine rings is 1. The Morgan fingerprint density at radius 3 is 2.66 bits per heavy atom. The number of nitrogens with zero attached hydrogens (tertiary/aromatic N) is 4. The molecular formula is C24H29N5O3. The number of carbonyl (C=O) groups excluding carboxylic acids is 2. The van der Waals surface area contributed by atoms with Crippen molar-refractivity contribution in [3.8, 4) is 5.75 Å². The molecule has 8 nitrogen and oxygen atoms in total. The third-order valence-electron chi connectivity index (χ3n) is 5.88. The van der Waals surface area contributed by atoms with Crippen molar-refractivity contribution < 1.29 is 14.3 Å². The van der Waals surface area contributed by atoms with Gasteiger partial charge >= 0.3 is 0 Å². The van der Waals surface area contributed by atoms with Crippen molar-refractivity contribution in [2.45, 2.75) is 38.8 Å². The van der Waals surface area contributed by atoms with Gasteiger partial charge in [-0.1, -0.05) is 24.3 Å². The van der Waals surface area contributed by atoms with Crippen molar-refractivity contribution in [3.05, 3.63) is 54.1 Å². The van der Waals surface area contributed by atoms with Crippen LogP contribution in [0.15, 0.2) is 48.5 Å². The summed E-state index contributed by atoms with van der Waals surface area (Å²) in [6.07, 6.45) is 3.23. The molecule has 0 unspecified atom stereocenters. The minimum Gasteiger partial charge on any atom is -0.497 e. The lowest BCUT2D eigenvalue weighted by Crippen LogP contribution is -2.42. The number of methoxy groups -OCH3 is 1. The summed E-state index contributed by atoms with van der Waals surface area (Å²) in [6, 6.07) is 15.3. The number of amides is 2. The lowest BCUT2D eigenvalue weighted by atomic mass is 9.93. The number of hydrogen-bond donors (Lipinski definition) is 1. The zero-order chi connectivity index (χ0) is 22.3. The Labute approximate surface area is 187 Å². The first-order valence-electron chi connectivity index (χ1n) is 11.1. The summed E-state index contributed by atoms with van der Waals surface area (Å²) in [4.78, 5) is 28.4. The van der Waals surface area contributed by atoms with Crippen molar-refractivity contribution >= 4 is 22.8 Å². The van der Waals surface area contributed by atoms with E-state index in [4.69, 9.17) is 4.74 Å². The molecule has 1 saturated heterocycles. The maximum atomic E-state index is 12.8. The molecule has 1 aliphatic heterocycles. The van der Waals surface area contributed by atoms with Gasteiger partial charge in [-0.2, -0.15) is 15.0 Å². The molecule has 1 N–H and O–H groups in total. The molecule has 4 rings (SSSR count). The van der Waals surface area contributed by atoms with Crippen molar-refractivity contribution in [3.63, 3.8) is 0 Å². The van der Waals surface area contributed by atoms with Crippen LogP contribution in [0, 0.1) is 5.92 Å². The number of nitrogens with one attached hydrogen (secondary N) is 1. The molecule has 32 heavy (non-hydrogen) atoms. The number of carbonyl (C=O) groups is 2. The number of likely N-dealkylation sites (tertiary alicyclic amines) is 1. The lowest BCUT2D eigenvalue weighted by molar-refractivity contribution is -0.134. The average Bonchev–Trinajstić information content (AvgIpc) is 3.24. The molecule has 0 saturated carbocycles. The second kappa shape index (κ2) is 10.3. The highest BCUT2D eigenvalue weighted by Crippen LogP contribution is 2.21. The van der Waals surface area contributed by atoms with Gasteiger partial charge in [-0.15, -0.1) is 0 Å². The molecular weight excluding hydrogens is 406 g/mol. The Kier molecular flexibility index (Phi) is 6.99. The summed E-state index contributed by atoms with van der Waals surface area (Å²) in [7, 11) is 1.63. The van der Waals surface area contributed by atoms with E-state index in [9.17, 15) is 9.59 Å². The zero-order valence-electron chi connectivity index (χ0n) is 18.4. The number of aromatic nitrogens is 3. The molecule has 0 radical (unpaired) electrons. The van der Waals surface area contributed by atoms with Crippen LogP contribution in [0.1, 0.15) is 31.2 Å². The molecule has 0 spiro atoms. The maximum absolute atomic E-state index is 12.8. The molecule has 2 amide bonds. The molecule has 0 bridgehead atoms. The van der Waals surface area contributed by atoms with Gasteiger partial charge in [-0.05, 0) is 55.0 Å². The van der Waals surface area contributed by atoms with Crippen LogP contribution in [-0.4, -0.2) is 51.9 Å². The van der Waals surface area contributed by atoms with Gasteiger partial charge in [0.2, 0.25) is 11.8 Å². The molecule has 2 heterocycles. The predicted molar refractivity (Wildman–Crippen MR) is 121 cm³/mol. The monoisotopic (exact) mass is 435 g/mol. The largest absolute Gasteiger partial charge is 0.497 e. The van der Waals surface area contributed by atoms with E-state index in [1.54, 1.807) is 7.11 Å². The van der Waals surface area contributed by atoms with Crippen molar-refractivity contribution in [2.75, 3.05) is 20.2 Å². The van der Waals surface area contributed by atoms with Gasteiger partial charge in [-0.3, -0.25) is 9.59 Å². The third kappa shape index (κ3) is 5.63. The van der Waals surface area contributed by atoms with Crippen LogP contribution >= 0.6 is 0 Å². The van der Waals surface area contributed by atoms with Gasteiger partial charge < -0.3 is 15.0 Å². The normalized spacial score (nSPS) is 16.2. The summed E-state index contributed by atoms with van der Waals surface area (Å²) in [5.41, 5.74) is 2.58. The Morgan fingerprint density at radius 1 is 1.12 bits per heavy atom. The molecule has 0 aliphatic carbocycles. The SMILES string of the molecule is COc1cccc(CNC(=O)CC[C@@H]2CCCN(C(=O)Cn3nc4ccccc4n3)C2)c1. The Balaban J connectivity index is 1.22. The Morgan fingerprint density at radius 2 is 1.91 bits per heavy atom. The second-order valence-electron chi connectivity index (χ2n) is 8.23. The number of benzene rings is 2. The molecule has 1 aromatic heterocycles.